The SMILES string of the molecule is Cc1cccc(-c2cnc3n2CC2(CCN(Cc4ccco4)C2)OC3)c1. The Morgan fingerprint density at radius 1 is 1.19 bits per heavy atom. The van der Waals surface area contributed by atoms with Crippen molar-refractivity contribution in [3.8, 4) is 11.3 Å². The maximum atomic E-state index is 6.32. The van der Waals surface area contributed by atoms with Gasteiger partial charge in [-0.15, -0.1) is 0 Å². The molecule has 2 aliphatic rings. The molecule has 0 aliphatic carbocycles. The van der Waals surface area contributed by atoms with E-state index in [1.165, 1.54) is 16.8 Å². The molecule has 134 valence electrons. The molecule has 1 spiro atoms. The van der Waals surface area contributed by atoms with Crippen molar-refractivity contribution in [2.24, 2.45) is 0 Å². The number of rotatable bonds is 3. The highest BCUT2D eigenvalue weighted by atomic mass is 16.5. The summed E-state index contributed by atoms with van der Waals surface area (Å²) in [7, 11) is 0. The molecule has 1 unspecified atom stereocenters. The Morgan fingerprint density at radius 3 is 3.00 bits per heavy atom. The third-order valence-corrected chi connectivity index (χ3v) is 5.56. The van der Waals surface area contributed by atoms with E-state index in [2.05, 4.69) is 45.6 Å². The van der Waals surface area contributed by atoms with Crippen molar-refractivity contribution in [1.82, 2.24) is 14.5 Å². The van der Waals surface area contributed by atoms with Crippen LogP contribution in [0.3, 0.4) is 0 Å². The number of likely N-dealkylation sites (tertiary alicyclic amines) is 1. The molecule has 5 heteroatoms. The van der Waals surface area contributed by atoms with E-state index in [0.717, 1.165) is 44.2 Å². The molecule has 0 amide bonds. The van der Waals surface area contributed by atoms with Crippen LogP contribution in [0.25, 0.3) is 11.3 Å². The number of furan rings is 1. The summed E-state index contributed by atoms with van der Waals surface area (Å²) in [5.74, 6) is 2.04. The van der Waals surface area contributed by atoms with E-state index in [9.17, 15) is 0 Å². The van der Waals surface area contributed by atoms with Crippen LogP contribution in [0.1, 0.15) is 23.6 Å². The summed E-state index contributed by atoms with van der Waals surface area (Å²) in [4.78, 5) is 7.03. The molecule has 2 aliphatic heterocycles. The van der Waals surface area contributed by atoms with Crippen LogP contribution in [-0.2, 0) is 24.4 Å². The van der Waals surface area contributed by atoms with Gasteiger partial charge in [0.1, 0.15) is 23.8 Å². The Balaban J connectivity index is 1.39. The van der Waals surface area contributed by atoms with Gasteiger partial charge in [0.05, 0.1) is 31.2 Å². The minimum Gasteiger partial charge on any atom is -0.468 e. The Kier molecular flexibility index (Phi) is 3.72. The average Bonchev–Trinajstić information content (AvgIpc) is 3.36. The number of imidazole rings is 1. The first kappa shape index (κ1) is 15.9. The fraction of sp³-hybridized carbons (Fsp3) is 0.381. The molecular weight excluding hydrogens is 326 g/mol. The summed E-state index contributed by atoms with van der Waals surface area (Å²) in [5, 5.41) is 0. The second-order valence-electron chi connectivity index (χ2n) is 7.53. The second-order valence-corrected chi connectivity index (χ2v) is 7.53. The Morgan fingerprint density at radius 2 is 2.15 bits per heavy atom. The molecule has 2 aromatic heterocycles. The van der Waals surface area contributed by atoms with E-state index < -0.39 is 0 Å². The summed E-state index contributed by atoms with van der Waals surface area (Å²) >= 11 is 0. The summed E-state index contributed by atoms with van der Waals surface area (Å²) in [6.07, 6.45) is 4.77. The van der Waals surface area contributed by atoms with Gasteiger partial charge in [-0.05, 0) is 31.5 Å². The summed E-state index contributed by atoms with van der Waals surface area (Å²) in [6, 6.07) is 12.6. The molecule has 4 heterocycles. The van der Waals surface area contributed by atoms with E-state index in [1.54, 1.807) is 6.26 Å². The second kappa shape index (κ2) is 6.11. The van der Waals surface area contributed by atoms with Gasteiger partial charge in [-0.25, -0.2) is 4.98 Å². The molecular formula is C21H23N3O2. The lowest BCUT2D eigenvalue weighted by Crippen LogP contribution is -2.44. The van der Waals surface area contributed by atoms with Crippen molar-refractivity contribution in [2.75, 3.05) is 13.1 Å². The monoisotopic (exact) mass is 349 g/mol. The predicted molar refractivity (Wildman–Crippen MR) is 98.5 cm³/mol. The zero-order chi connectivity index (χ0) is 17.6. The lowest BCUT2D eigenvalue weighted by molar-refractivity contribution is -0.0823. The molecule has 0 radical (unpaired) electrons. The quantitative estimate of drug-likeness (QED) is 0.724. The minimum absolute atomic E-state index is 0.126. The number of nitrogens with zero attached hydrogens (tertiary/aromatic N) is 3. The number of hydrogen-bond donors (Lipinski definition) is 0. The van der Waals surface area contributed by atoms with Crippen LogP contribution in [0.4, 0.5) is 0 Å². The minimum atomic E-state index is -0.126. The maximum Gasteiger partial charge on any atom is 0.135 e. The van der Waals surface area contributed by atoms with E-state index in [-0.39, 0.29) is 5.60 Å². The zero-order valence-corrected chi connectivity index (χ0v) is 15.0. The van der Waals surface area contributed by atoms with Gasteiger partial charge < -0.3 is 13.7 Å². The summed E-state index contributed by atoms with van der Waals surface area (Å²) in [5.41, 5.74) is 3.56. The summed E-state index contributed by atoms with van der Waals surface area (Å²) < 4.78 is 14.2. The fourth-order valence-corrected chi connectivity index (χ4v) is 4.22. The van der Waals surface area contributed by atoms with Crippen LogP contribution >= 0.6 is 0 Å². The van der Waals surface area contributed by atoms with Crippen molar-refractivity contribution >= 4 is 0 Å². The number of aryl methyl sites for hydroxylation is 1. The van der Waals surface area contributed by atoms with Crippen molar-refractivity contribution < 1.29 is 9.15 Å². The van der Waals surface area contributed by atoms with Gasteiger partial charge in [0, 0.05) is 18.7 Å². The first-order valence-corrected chi connectivity index (χ1v) is 9.21. The van der Waals surface area contributed by atoms with Gasteiger partial charge in [0.15, 0.2) is 0 Å². The fourth-order valence-electron chi connectivity index (χ4n) is 4.22. The Labute approximate surface area is 153 Å². The normalized spacial score (nSPS) is 22.8. The van der Waals surface area contributed by atoms with Crippen molar-refractivity contribution in [1.29, 1.82) is 0 Å². The van der Waals surface area contributed by atoms with E-state index in [0.29, 0.717) is 6.61 Å². The lowest BCUT2D eigenvalue weighted by atomic mass is 10.0. The Hall–Kier alpha value is -2.37. The van der Waals surface area contributed by atoms with Gasteiger partial charge in [-0.2, -0.15) is 0 Å². The first-order chi connectivity index (χ1) is 12.7. The molecule has 1 fully saturated rings. The smallest absolute Gasteiger partial charge is 0.135 e. The van der Waals surface area contributed by atoms with Gasteiger partial charge >= 0.3 is 0 Å². The topological polar surface area (TPSA) is 43.4 Å². The van der Waals surface area contributed by atoms with Crippen LogP contribution in [0.5, 0.6) is 0 Å². The number of aromatic nitrogens is 2. The Bertz CT molecular complexity index is 915. The molecule has 3 aromatic rings. The van der Waals surface area contributed by atoms with Crippen LogP contribution in [0.2, 0.25) is 0 Å². The zero-order valence-electron chi connectivity index (χ0n) is 15.0. The average molecular weight is 349 g/mol. The molecule has 0 saturated carbocycles. The maximum absolute atomic E-state index is 6.32. The largest absolute Gasteiger partial charge is 0.468 e. The standard InChI is InChI=1S/C21H23N3O2/c1-16-4-2-5-17(10-16)19-11-22-20-13-26-21(15-24(19)20)7-8-23(14-21)12-18-6-3-9-25-18/h2-6,9-11H,7-8,12-15H2,1H3. The molecule has 5 nitrogen and oxygen atoms in total. The molecule has 0 bridgehead atoms. The van der Waals surface area contributed by atoms with Crippen LogP contribution in [0, 0.1) is 6.92 Å². The molecule has 1 aromatic carbocycles. The first-order valence-electron chi connectivity index (χ1n) is 9.21. The van der Waals surface area contributed by atoms with E-state index in [4.69, 9.17) is 9.15 Å². The van der Waals surface area contributed by atoms with E-state index in [1.807, 2.05) is 18.3 Å². The highest BCUT2D eigenvalue weighted by molar-refractivity contribution is 5.60. The van der Waals surface area contributed by atoms with Crippen LogP contribution in [0.15, 0.2) is 53.3 Å². The highest BCUT2D eigenvalue weighted by Gasteiger charge is 2.43. The van der Waals surface area contributed by atoms with Crippen molar-refractivity contribution in [2.45, 2.75) is 38.6 Å². The van der Waals surface area contributed by atoms with Gasteiger partial charge in [0.25, 0.3) is 0 Å². The van der Waals surface area contributed by atoms with Crippen molar-refractivity contribution in [3.05, 3.63) is 66.0 Å². The van der Waals surface area contributed by atoms with Gasteiger partial charge in [-0.3, -0.25) is 4.90 Å². The predicted octanol–water partition coefficient (Wildman–Crippen LogP) is 3.63. The summed E-state index contributed by atoms with van der Waals surface area (Å²) in [6.45, 7) is 6.38. The molecule has 0 N–H and O–H groups in total. The number of fused-ring (bicyclic) bond motifs is 1. The number of hydrogen-bond acceptors (Lipinski definition) is 4. The van der Waals surface area contributed by atoms with Crippen LogP contribution < -0.4 is 0 Å². The van der Waals surface area contributed by atoms with Gasteiger partial charge in [-0.1, -0.05) is 23.8 Å². The molecule has 1 saturated heterocycles. The molecule has 5 rings (SSSR count). The number of ether oxygens (including phenoxy) is 1. The van der Waals surface area contributed by atoms with Gasteiger partial charge in [0.2, 0.25) is 0 Å². The highest BCUT2D eigenvalue weighted by Crippen LogP contribution is 2.35. The molecule has 1 atom stereocenters. The lowest BCUT2D eigenvalue weighted by Gasteiger charge is -2.35. The van der Waals surface area contributed by atoms with Crippen molar-refractivity contribution in [3.63, 3.8) is 0 Å². The van der Waals surface area contributed by atoms with E-state index >= 15 is 0 Å². The third kappa shape index (κ3) is 2.77. The molecule has 26 heavy (non-hydrogen) atoms. The number of benzene rings is 1. The van der Waals surface area contributed by atoms with Crippen LogP contribution in [-0.4, -0.2) is 33.1 Å². The third-order valence-electron chi connectivity index (χ3n) is 5.56.